The molecule has 0 unspecified atom stereocenters. The third kappa shape index (κ3) is 4.72. The summed E-state index contributed by atoms with van der Waals surface area (Å²) in [6, 6.07) is 4.01. The highest BCUT2D eigenvalue weighted by molar-refractivity contribution is 6.01. The number of aromatic nitrogens is 1. The van der Waals surface area contributed by atoms with Crippen LogP contribution in [0.25, 0.3) is 0 Å². The van der Waals surface area contributed by atoms with Crippen molar-refractivity contribution in [1.29, 1.82) is 0 Å². The Morgan fingerprint density at radius 2 is 1.89 bits per heavy atom. The summed E-state index contributed by atoms with van der Waals surface area (Å²) in [4.78, 5) is 57.6. The van der Waals surface area contributed by atoms with Gasteiger partial charge in [0.15, 0.2) is 0 Å². The molecule has 3 rings (SSSR count). The van der Waals surface area contributed by atoms with E-state index in [0.717, 1.165) is 18.5 Å². The van der Waals surface area contributed by atoms with E-state index in [9.17, 15) is 19.2 Å². The highest BCUT2D eigenvalue weighted by Crippen LogP contribution is 2.35. The standard InChI is InChI=1S/C19H23N3O6/c1-21-10-8-14(19(21)13-3-2-9-20-11-13)12-27-17(25)6-7-18(26)28-22-15(23)4-5-16(22)24/h2-3,9,11,14,19H,4-8,10,12H2,1H3/t14-,19-/m0/s1. The van der Waals surface area contributed by atoms with E-state index in [1.807, 2.05) is 25.4 Å². The first-order valence-corrected chi connectivity index (χ1v) is 9.28. The lowest BCUT2D eigenvalue weighted by atomic mass is 9.96. The molecule has 2 fully saturated rings. The first-order chi connectivity index (χ1) is 13.5. The molecule has 3 heterocycles. The van der Waals surface area contributed by atoms with Gasteiger partial charge in [0.2, 0.25) is 0 Å². The second-order valence-corrected chi connectivity index (χ2v) is 6.99. The minimum absolute atomic E-state index is 0.0299. The highest BCUT2D eigenvalue weighted by atomic mass is 16.7. The number of carbonyl (C=O) groups excluding carboxylic acids is 4. The number of likely N-dealkylation sites (tertiary alicyclic amines) is 1. The van der Waals surface area contributed by atoms with Crippen molar-refractivity contribution in [2.24, 2.45) is 5.92 Å². The van der Waals surface area contributed by atoms with Crippen LogP contribution in [0.15, 0.2) is 24.5 Å². The van der Waals surface area contributed by atoms with Crippen LogP contribution in [0.3, 0.4) is 0 Å². The maximum Gasteiger partial charge on any atom is 0.333 e. The van der Waals surface area contributed by atoms with Crippen LogP contribution < -0.4 is 0 Å². The Bertz CT molecular complexity index is 737. The van der Waals surface area contributed by atoms with Gasteiger partial charge in [-0.25, -0.2) is 4.79 Å². The molecule has 28 heavy (non-hydrogen) atoms. The summed E-state index contributed by atoms with van der Waals surface area (Å²) in [7, 11) is 2.02. The highest BCUT2D eigenvalue weighted by Gasteiger charge is 2.34. The number of hydrogen-bond acceptors (Lipinski definition) is 8. The van der Waals surface area contributed by atoms with Crippen LogP contribution in [-0.2, 0) is 28.8 Å². The molecule has 0 aliphatic carbocycles. The quantitative estimate of drug-likeness (QED) is 0.502. The van der Waals surface area contributed by atoms with Crippen molar-refractivity contribution in [3.8, 4) is 0 Å². The van der Waals surface area contributed by atoms with Gasteiger partial charge in [-0.05, 0) is 31.6 Å². The van der Waals surface area contributed by atoms with Crippen LogP contribution in [0.1, 0.15) is 43.7 Å². The van der Waals surface area contributed by atoms with Crippen LogP contribution in [0, 0.1) is 5.92 Å². The summed E-state index contributed by atoms with van der Waals surface area (Å²) in [6.45, 7) is 1.15. The topological polar surface area (TPSA) is 106 Å². The molecule has 9 nitrogen and oxygen atoms in total. The fraction of sp³-hybridized carbons (Fsp3) is 0.526. The van der Waals surface area contributed by atoms with Gasteiger partial charge in [0.05, 0.1) is 19.4 Å². The molecule has 0 radical (unpaired) electrons. The lowest BCUT2D eigenvalue weighted by molar-refractivity contribution is -0.197. The SMILES string of the molecule is CN1CC[C@@H](COC(=O)CCC(=O)ON2C(=O)CCC2=O)[C@@H]1c1cccnc1. The van der Waals surface area contributed by atoms with Crippen LogP contribution in [0.4, 0.5) is 0 Å². The van der Waals surface area contributed by atoms with Crippen molar-refractivity contribution in [2.75, 3.05) is 20.2 Å². The van der Waals surface area contributed by atoms with Crippen molar-refractivity contribution < 1.29 is 28.8 Å². The molecule has 2 aliphatic rings. The van der Waals surface area contributed by atoms with Crippen LogP contribution in [0.2, 0.25) is 0 Å². The molecule has 1 aromatic rings. The molecule has 2 saturated heterocycles. The molecule has 0 aromatic carbocycles. The number of nitrogens with zero attached hydrogens (tertiary/aromatic N) is 3. The van der Waals surface area contributed by atoms with Crippen LogP contribution in [-0.4, -0.2) is 58.9 Å². The Labute approximate surface area is 162 Å². The smallest absolute Gasteiger partial charge is 0.333 e. The van der Waals surface area contributed by atoms with Gasteiger partial charge < -0.3 is 9.57 Å². The summed E-state index contributed by atoms with van der Waals surface area (Å²) in [5.41, 5.74) is 1.08. The lowest BCUT2D eigenvalue weighted by Gasteiger charge is -2.25. The summed E-state index contributed by atoms with van der Waals surface area (Å²) in [5.74, 6) is -2.28. The van der Waals surface area contributed by atoms with Gasteiger partial charge in [-0.15, -0.1) is 5.06 Å². The van der Waals surface area contributed by atoms with E-state index in [4.69, 9.17) is 9.57 Å². The van der Waals surface area contributed by atoms with Crippen LogP contribution >= 0.6 is 0 Å². The number of amides is 2. The molecule has 2 atom stereocenters. The summed E-state index contributed by atoms with van der Waals surface area (Å²) >= 11 is 0. The number of rotatable bonds is 7. The Morgan fingerprint density at radius 3 is 2.57 bits per heavy atom. The number of hydroxylamine groups is 2. The Balaban J connectivity index is 1.43. The van der Waals surface area contributed by atoms with Crippen molar-refractivity contribution in [3.63, 3.8) is 0 Å². The molecule has 0 bridgehead atoms. The summed E-state index contributed by atoms with van der Waals surface area (Å²) in [6.07, 6.45) is 4.06. The number of ether oxygens (including phenoxy) is 1. The molecule has 0 spiro atoms. The maximum atomic E-state index is 12.0. The fourth-order valence-electron chi connectivity index (χ4n) is 3.56. The monoisotopic (exact) mass is 389 g/mol. The van der Waals surface area contributed by atoms with E-state index in [1.165, 1.54) is 0 Å². The molecular formula is C19H23N3O6. The molecule has 150 valence electrons. The third-order valence-electron chi connectivity index (χ3n) is 4.99. The van der Waals surface area contributed by atoms with Gasteiger partial charge in [-0.2, -0.15) is 0 Å². The first kappa shape index (κ1) is 19.9. The van der Waals surface area contributed by atoms with Gasteiger partial charge in [0.25, 0.3) is 11.8 Å². The van der Waals surface area contributed by atoms with Gasteiger partial charge in [-0.3, -0.25) is 24.3 Å². The molecule has 0 N–H and O–H groups in total. The number of hydrogen-bond donors (Lipinski definition) is 0. The van der Waals surface area contributed by atoms with Gasteiger partial charge in [0.1, 0.15) is 0 Å². The zero-order valence-corrected chi connectivity index (χ0v) is 15.7. The van der Waals surface area contributed by atoms with Gasteiger partial charge in [0, 0.05) is 37.2 Å². The van der Waals surface area contributed by atoms with E-state index in [1.54, 1.807) is 6.20 Å². The number of esters is 1. The molecular weight excluding hydrogens is 366 g/mol. The molecule has 0 saturated carbocycles. The van der Waals surface area contributed by atoms with E-state index < -0.39 is 23.8 Å². The van der Waals surface area contributed by atoms with E-state index in [0.29, 0.717) is 5.06 Å². The van der Waals surface area contributed by atoms with Crippen molar-refractivity contribution in [2.45, 2.75) is 38.1 Å². The van der Waals surface area contributed by atoms with E-state index >= 15 is 0 Å². The van der Waals surface area contributed by atoms with Gasteiger partial charge >= 0.3 is 11.9 Å². The minimum atomic E-state index is -0.811. The average molecular weight is 389 g/mol. The van der Waals surface area contributed by atoms with Crippen LogP contribution in [0.5, 0.6) is 0 Å². The predicted octanol–water partition coefficient (Wildman–Crippen LogP) is 1.00. The zero-order valence-electron chi connectivity index (χ0n) is 15.7. The molecule has 2 aliphatic heterocycles. The Morgan fingerprint density at radius 1 is 1.18 bits per heavy atom. The van der Waals surface area contributed by atoms with E-state index in [2.05, 4.69) is 9.88 Å². The zero-order chi connectivity index (χ0) is 20.1. The molecule has 9 heteroatoms. The fourth-order valence-corrected chi connectivity index (χ4v) is 3.56. The predicted molar refractivity (Wildman–Crippen MR) is 95.1 cm³/mol. The normalized spacial score (nSPS) is 22.5. The second kappa shape index (κ2) is 8.92. The molecule has 2 amide bonds. The van der Waals surface area contributed by atoms with Crippen molar-refractivity contribution in [1.82, 2.24) is 14.9 Å². The number of imide groups is 1. The number of carbonyl (C=O) groups is 4. The largest absolute Gasteiger partial charge is 0.465 e. The van der Waals surface area contributed by atoms with Gasteiger partial charge in [-0.1, -0.05) is 6.07 Å². The number of pyridine rings is 1. The summed E-state index contributed by atoms with van der Waals surface area (Å²) < 4.78 is 5.35. The third-order valence-corrected chi connectivity index (χ3v) is 4.99. The second-order valence-electron chi connectivity index (χ2n) is 6.99. The lowest BCUT2D eigenvalue weighted by Crippen LogP contribution is -2.32. The minimum Gasteiger partial charge on any atom is -0.465 e. The van der Waals surface area contributed by atoms with Crippen molar-refractivity contribution in [3.05, 3.63) is 30.1 Å². The Kier molecular flexibility index (Phi) is 6.35. The molecule has 1 aromatic heterocycles. The first-order valence-electron chi connectivity index (χ1n) is 9.28. The average Bonchev–Trinajstić information content (AvgIpc) is 3.22. The van der Waals surface area contributed by atoms with Crippen molar-refractivity contribution >= 4 is 23.8 Å². The maximum absolute atomic E-state index is 12.0. The Hall–Kier alpha value is -2.81. The summed E-state index contributed by atoms with van der Waals surface area (Å²) in [5, 5.41) is 0.473. The van der Waals surface area contributed by atoms with E-state index in [-0.39, 0.29) is 44.2 Å².